The van der Waals surface area contributed by atoms with Crippen LogP contribution in [0.3, 0.4) is 0 Å². The molecule has 0 aliphatic carbocycles. The SMILES string of the molecule is CCOc1cccc(OC(F)F)c1C(Br)C(C)=O. The second-order valence-corrected chi connectivity index (χ2v) is 4.37. The Morgan fingerprint density at radius 2 is 2.00 bits per heavy atom. The molecule has 0 aromatic heterocycles. The average molecular weight is 323 g/mol. The average Bonchev–Trinajstić information content (AvgIpc) is 2.28. The Morgan fingerprint density at radius 3 is 2.50 bits per heavy atom. The smallest absolute Gasteiger partial charge is 0.387 e. The monoisotopic (exact) mass is 322 g/mol. The predicted molar refractivity (Wildman–Crippen MR) is 66.6 cm³/mol. The van der Waals surface area contributed by atoms with Gasteiger partial charge in [0, 0.05) is 0 Å². The van der Waals surface area contributed by atoms with Crippen molar-refractivity contribution >= 4 is 21.7 Å². The molecule has 0 radical (unpaired) electrons. The van der Waals surface area contributed by atoms with E-state index in [0.29, 0.717) is 12.4 Å². The number of rotatable bonds is 6. The van der Waals surface area contributed by atoms with E-state index in [-0.39, 0.29) is 17.1 Å². The summed E-state index contributed by atoms with van der Waals surface area (Å²) in [5.41, 5.74) is 0.284. The zero-order chi connectivity index (χ0) is 13.7. The fourth-order valence-electron chi connectivity index (χ4n) is 1.46. The van der Waals surface area contributed by atoms with E-state index in [1.54, 1.807) is 13.0 Å². The van der Waals surface area contributed by atoms with Crippen LogP contribution in [0.1, 0.15) is 24.2 Å². The van der Waals surface area contributed by atoms with Crippen LogP contribution >= 0.6 is 15.9 Å². The zero-order valence-corrected chi connectivity index (χ0v) is 11.5. The van der Waals surface area contributed by atoms with Crippen LogP contribution in [0.25, 0.3) is 0 Å². The molecule has 1 unspecified atom stereocenters. The predicted octanol–water partition coefficient (Wildman–Crippen LogP) is 3.71. The summed E-state index contributed by atoms with van der Waals surface area (Å²) >= 11 is 3.16. The van der Waals surface area contributed by atoms with E-state index in [1.807, 2.05) is 0 Å². The largest absolute Gasteiger partial charge is 0.493 e. The molecule has 0 aliphatic rings. The maximum absolute atomic E-state index is 12.3. The van der Waals surface area contributed by atoms with Crippen molar-refractivity contribution in [3.05, 3.63) is 23.8 Å². The topological polar surface area (TPSA) is 35.5 Å². The highest BCUT2D eigenvalue weighted by Crippen LogP contribution is 2.39. The molecule has 6 heteroatoms. The van der Waals surface area contributed by atoms with E-state index < -0.39 is 11.4 Å². The number of carbonyl (C=O) groups excluding carboxylic acids is 1. The second-order valence-electron chi connectivity index (χ2n) is 3.45. The van der Waals surface area contributed by atoms with Crippen LogP contribution in [-0.4, -0.2) is 19.0 Å². The molecule has 1 atom stereocenters. The van der Waals surface area contributed by atoms with Crippen molar-refractivity contribution in [3.8, 4) is 11.5 Å². The summed E-state index contributed by atoms with van der Waals surface area (Å²) in [6, 6.07) is 4.52. The summed E-state index contributed by atoms with van der Waals surface area (Å²) in [5, 5.41) is 0. The van der Waals surface area contributed by atoms with Crippen molar-refractivity contribution in [2.45, 2.75) is 25.3 Å². The van der Waals surface area contributed by atoms with Gasteiger partial charge >= 0.3 is 6.61 Å². The van der Waals surface area contributed by atoms with Gasteiger partial charge in [-0.25, -0.2) is 0 Å². The number of Topliss-reactive ketones (excluding diaryl/α,β-unsaturated/α-hetero) is 1. The maximum atomic E-state index is 12.3. The lowest BCUT2D eigenvalue weighted by Gasteiger charge is -2.17. The number of benzene rings is 1. The highest BCUT2D eigenvalue weighted by atomic mass is 79.9. The van der Waals surface area contributed by atoms with Crippen LogP contribution in [0.5, 0.6) is 11.5 Å². The van der Waals surface area contributed by atoms with Gasteiger partial charge in [-0.1, -0.05) is 22.0 Å². The van der Waals surface area contributed by atoms with Gasteiger partial charge in [0.2, 0.25) is 0 Å². The van der Waals surface area contributed by atoms with Gasteiger partial charge in [-0.2, -0.15) is 8.78 Å². The third-order valence-corrected chi connectivity index (χ3v) is 3.25. The first-order chi connectivity index (χ1) is 8.47. The van der Waals surface area contributed by atoms with E-state index >= 15 is 0 Å². The molecule has 3 nitrogen and oxygen atoms in total. The normalized spacial score (nSPS) is 12.3. The first kappa shape index (κ1) is 14.9. The van der Waals surface area contributed by atoms with Gasteiger partial charge in [-0.3, -0.25) is 4.79 Å². The van der Waals surface area contributed by atoms with Crippen molar-refractivity contribution in [2.75, 3.05) is 6.61 Å². The summed E-state index contributed by atoms with van der Waals surface area (Å²) in [4.78, 5) is 10.7. The second kappa shape index (κ2) is 6.68. The summed E-state index contributed by atoms with van der Waals surface area (Å²) in [6.45, 7) is 0.533. The molecule has 1 aromatic rings. The molecular weight excluding hydrogens is 310 g/mol. The molecule has 100 valence electrons. The fraction of sp³-hybridized carbons (Fsp3) is 0.417. The molecule has 0 fully saturated rings. The Kier molecular flexibility index (Phi) is 5.53. The van der Waals surface area contributed by atoms with Gasteiger partial charge in [0.05, 0.1) is 12.2 Å². The van der Waals surface area contributed by atoms with Gasteiger partial charge in [0.15, 0.2) is 0 Å². The number of ether oxygens (including phenoxy) is 2. The lowest BCUT2D eigenvalue weighted by atomic mass is 10.1. The van der Waals surface area contributed by atoms with Crippen molar-refractivity contribution in [3.63, 3.8) is 0 Å². The number of hydrogen-bond acceptors (Lipinski definition) is 3. The van der Waals surface area contributed by atoms with Gasteiger partial charge < -0.3 is 9.47 Å². The minimum atomic E-state index is -2.95. The Bertz CT molecular complexity index is 424. The van der Waals surface area contributed by atoms with Gasteiger partial charge in [0.25, 0.3) is 0 Å². The third-order valence-electron chi connectivity index (χ3n) is 2.15. The van der Waals surface area contributed by atoms with Crippen LogP contribution in [0.15, 0.2) is 18.2 Å². The molecule has 0 amide bonds. The fourth-order valence-corrected chi connectivity index (χ4v) is 1.91. The van der Waals surface area contributed by atoms with Crippen molar-refractivity contribution in [1.29, 1.82) is 0 Å². The van der Waals surface area contributed by atoms with E-state index in [1.165, 1.54) is 19.1 Å². The Labute approximate surface area is 112 Å². The summed E-state index contributed by atoms with van der Waals surface area (Å²) in [6.07, 6.45) is 0. The maximum Gasteiger partial charge on any atom is 0.387 e. The van der Waals surface area contributed by atoms with E-state index in [0.717, 1.165) is 0 Å². The molecule has 0 heterocycles. The molecule has 18 heavy (non-hydrogen) atoms. The summed E-state index contributed by atoms with van der Waals surface area (Å²) < 4.78 is 34.4. The molecule has 1 aromatic carbocycles. The number of hydrogen-bond donors (Lipinski definition) is 0. The Hall–Kier alpha value is -1.17. The first-order valence-electron chi connectivity index (χ1n) is 5.32. The molecule has 0 bridgehead atoms. The van der Waals surface area contributed by atoms with E-state index in [2.05, 4.69) is 20.7 Å². The number of alkyl halides is 3. The highest BCUT2D eigenvalue weighted by Gasteiger charge is 2.24. The molecule has 1 rings (SSSR count). The van der Waals surface area contributed by atoms with E-state index in [4.69, 9.17) is 4.74 Å². The zero-order valence-electron chi connectivity index (χ0n) is 9.95. The summed E-state index contributed by atoms with van der Waals surface area (Å²) in [5.74, 6) is 0.0713. The number of ketones is 1. The van der Waals surface area contributed by atoms with Crippen LogP contribution < -0.4 is 9.47 Å². The minimum Gasteiger partial charge on any atom is -0.493 e. The van der Waals surface area contributed by atoms with Crippen molar-refractivity contribution < 1.29 is 23.0 Å². The van der Waals surface area contributed by atoms with Crippen molar-refractivity contribution in [2.24, 2.45) is 0 Å². The molecule has 0 N–H and O–H groups in total. The molecular formula is C12H13BrF2O3. The molecule has 0 aliphatic heterocycles. The Balaban J connectivity index is 3.24. The standard InChI is InChI=1S/C12H13BrF2O3/c1-3-17-8-5-4-6-9(18-12(14)15)10(8)11(13)7(2)16/h4-6,11-12H,3H2,1-2H3. The molecule has 0 spiro atoms. The van der Waals surface area contributed by atoms with E-state index in [9.17, 15) is 13.6 Å². The highest BCUT2D eigenvalue weighted by molar-refractivity contribution is 9.09. The lowest BCUT2D eigenvalue weighted by molar-refractivity contribution is -0.116. The lowest BCUT2D eigenvalue weighted by Crippen LogP contribution is -2.10. The van der Waals surface area contributed by atoms with Crippen LogP contribution in [0.4, 0.5) is 8.78 Å². The third kappa shape index (κ3) is 3.66. The quantitative estimate of drug-likeness (QED) is 0.749. The first-order valence-corrected chi connectivity index (χ1v) is 6.24. The van der Waals surface area contributed by atoms with Gasteiger partial charge in [0.1, 0.15) is 22.1 Å². The van der Waals surface area contributed by atoms with Crippen LogP contribution in [0.2, 0.25) is 0 Å². The minimum absolute atomic E-state index is 0.0620. The van der Waals surface area contributed by atoms with Crippen LogP contribution in [-0.2, 0) is 4.79 Å². The Morgan fingerprint density at radius 1 is 1.39 bits per heavy atom. The number of carbonyl (C=O) groups is 1. The van der Waals surface area contributed by atoms with Crippen LogP contribution in [0, 0.1) is 0 Å². The molecule has 0 saturated heterocycles. The van der Waals surface area contributed by atoms with Gasteiger partial charge in [-0.05, 0) is 26.0 Å². The van der Waals surface area contributed by atoms with Crippen molar-refractivity contribution in [1.82, 2.24) is 0 Å². The molecule has 0 saturated carbocycles. The van der Waals surface area contributed by atoms with Gasteiger partial charge in [-0.15, -0.1) is 0 Å². The number of halogens is 3. The summed E-state index contributed by atoms with van der Waals surface area (Å²) in [7, 11) is 0.